The summed E-state index contributed by atoms with van der Waals surface area (Å²) < 4.78 is 4.85. The molecule has 0 bridgehead atoms. The van der Waals surface area contributed by atoms with Crippen LogP contribution in [0.1, 0.15) is 0 Å². The third-order valence-electron chi connectivity index (χ3n) is 13.5. The maximum Gasteiger partial charge on any atom is 0.164 e. The molecule has 0 N–H and O–H groups in total. The van der Waals surface area contributed by atoms with Crippen LogP contribution in [0.3, 0.4) is 0 Å². The summed E-state index contributed by atoms with van der Waals surface area (Å²) in [6.07, 6.45) is 0. The van der Waals surface area contributed by atoms with Gasteiger partial charge in [0.05, 0.1) is 22.1 Å². The van der Waals surface area contributed by atoms with Crippen molar-refractivity contribution in [3.8, 4) is 45.5 Å². The minimum Gasteiger partial charge on any atom is -0.309 e. The second kappa shape index (κ2) is 14.3. The van der Waals surface area contributed by atoms with Crippen molar-refractivity contribution in [2.75, 3.05) is 0 Å². The second-order valence-corrected chi connectivity index (χ2v) is 17.2. The van der Waals surface area contributed by atoms with Crippen molar-refractivity contribution in [1.82, 2.24) is 24.1 Å². The van der Waals surface area contributed by atoms with E-state index in [1.165, 1.54) is 64.9 Å². The van der Waals surface area contributed by atoms with E-state index in [-0.39, 0.29) is 0 Å². The molecule has 0 atom stereocenters. The van der Waals surface area contributed by atoms with E-state index in [4.69, 9.17) is 15.0 Å². The van der Waals surface area contributed by atoms with Gasteiger partial charge in [0.2, 0.25) is 0 Å². The van der Waals surface area contributed by atoms with E-state index in [1.54, 1.807) is 0 Å². The molecule has 3 aromatic heterocycles. The van der Waals surface area contributed by atoms with Crippen molar-refractivity contribution in [3.05, 3.63) is 224 Å². The molecule has 0 amide bonds. The average molecular weight is 840 g/mol. The maximum atomic E-state index is 5.34. The van der Waals surface area contributed by atoms with Gasteiger partial charge < -0.3 is 9.13 Å². The van der Waals surface area contributed by atoms with E-state index < -0.39 is 0 Å². The molecule has 0 aliphatic heterocycles. The lowest BCUT2D eigenvalue weighted by Crippen LogP contribution is -2.02. The molecule has 0 aliphatic carbocycles. The number of para-hydroxylation sites is 1. The van der Waals surface area contributed by atoms with Crippen molar-refractivity contribution in [2.45, 2.75) is 0 Å². The summed E-state index contributed by atoms with van der Waals surface area (Å²) in [5.41, 5.74) is 9.55. The molecule has 0 saturated heterocycles. The summed E-state index contributed by atoms with van der Waals surface area (Å²) in [6.45, 7) is 0. The van der Waals surface area contributed by atoms with Gasteiger partial charge in [-0.3, -0.25) is 0 Å². The smallest absolute Gasteiger partial charge is 0.164 e. The number of hydrogen-bond acceptors (Lipinski definition) is 3. The molecular formula is C61H37N5. The van der Waals surface area contributed by atoms with Gasteiger partial charge in [-0.2, -0.15) is 0 Å². The zero-order valence-corrected chi connectivity index (χ0v) is 35.6. The summed E-state index contributed by atoms with van der Waals surface area (Å²) in [5.74, 6) is 1.88. The molecule has 0 unspecified atom stereocenters. The fourth-order valence-corrected chi connectivity index (χ4v) is 10.5. The molecule has 0 spiro atoms. The SMILES string of the molecule is c1ccc(-c2nc(-c3cccc(-n4c5cc(-n6c7ccccc7c7c8ccccc8ccc76)ccc5c5cc6ccccc6cc54)c3)nc(-c3cc4ccccc4c4ccccc34)n2)cc1. The van der Waals surface area contributed by atoms with E-state index in [2.05, 4.69) is 215 Å². The molecule has 5 heteroatoms. The predicted octanol–water partition coefficient (Wildman–Crippen LogP) is 15.7. The van der Waals surface area contributed by atoms with Crippen LogP contribution in [-0.2, 0) is 0 Å². The average Bonchev–Trinajstić information content (AvgIpc) is 3.90. The summed E-state index contributed by atoms with van der Waals surface area (Å²) in [4.78, 5) is 15.8. The highest BCUT2D eigenvalue weighted by Crippen LogP contribution is 2.41. The first-order chi connectivity index (χ1) is 32.7. The van der Waals surface area contributed by atoms with Gasteiger partial charge in [0, 0.05) is 49.6 Å². The van der Waals surface area contributed by atoms with Crippen molar-refractivity contribution < 1.29 is 0 Å². The van der Waals surface area contributed by atoms with Crippen molar-refractivity contribution in [2.24, 2.45) is 0 Å². The maximum absolute atomic E-state index is 5.34. The molecule has 306 valence electrons. The summed E-state index contributed by atoms with van der Waals surface area (Å²) in [5, 5.41) is 14.4. The first-order valence-electron chi connectivity index (χ1n) is 22.4. The quantitative estimate of drug-likeness (QED) is 0.162. The third kappa shape index (κ3) is 5.57. The van der Waals surface area contributed by atoms with E-state index in [9.17, 15) is 0 Å². The first-order valence-corrected chi connectivity index (χ1v) is 22.4. The summed E-state index contributed by atoms with van der Waals surface area (Å²) in [6, 6.07) is 80.5. The molecule has 14 aromatic rings. The van der Waals surface area contributed by atoms with Crippen molar-refractivity contribution in [1.29, 1.82) is 0 Å². The normalized spacial score (nSPS) is 11.9. The van der Waals surface area contributed by atoms with Crippen molar-refractivity contribution >= 4 is 86.7 Å². The Kier molecular flexibility index (Phi) is 7.91. The standard InChI is InChI=1S/C61H37N5/c1-2-16-39(17-3-1)59-62-60(64-61(63-59)53-35-42-20-7-8-23-46(42)48-25-10-11-26-49(48)53)43-21-14-22-44(33-43)66-56-36-41-19-5-4-18-40(41)34-52(56)50-31-30-45(37-57(50)66)65-54-28-13-12-27-51(54)58-47-24-9-6-15-38(47)29-32-55(58)65/h1-37H. The Bertz CT molecular complexity index is 4290. The Labute approximate surface area is 379 Å². The fourth-order valence-electron chi connectivity index (χ4n) is 10.5. The molecule has 0 fully saturated rings. The lowest BCUT2D eigenvalue weighted by atomic mass is 9.97. The second-order valence-electron chi connectivity index (χ2n) is 17.2. The number of fused-ring (bicyclic) bond motifs is 12. The number of hydrogen-bond donors (Lipinski definition) is 0. The zero-order chi connectivity index (χ0) is 43.3. The minimum atomic E-state index is 0.613. The van der Waals surface area contributed by atoms with Crippen LogP contribution in [0.4, 0.5) is 0 Å². The van der Waals surface area contributed by atoms with Crippen LogP contribution in [0, 0.1) is 0 Å². The Morgan fingerprint density at radius 1 is 0.258 bits per heavy atom. The summed E-state index contributed by atoms with van der Waals surface area (Å²) >= 11 is 0. The fraction of sp³-hybridized carbons (Fsp3) is 0. The van der Waals surface area contributed by atoms with Crippen molar-refractivity contribution in [3.63, 3.8) is 0 Å². The van der Waals surface area contributed by atoms with Crippen LogP contribution in [0.15, 0.2) is 224 Å². The number of aromatic nitrogens is 5. The molecule has 14 rings (SSSR count). The van der Waals surface area contributed by atoms with Gasteiger partial charge in [0.15, 0.2) is 17.5 Å². The molecule has 0 aliphatic rings. The molecule has 3 heterocycles. The van der Waals surface area contributed by atoms with Crippen LogP contribution >= 0.6 is 0 Å². The first kappa shape index (κ1) is 36.5. The number of benzene rings is 11. The Morgan fingerprint density at radius 3 is 1.68 bits per heavy atom. The Hall–Kier alpha value is -8.93. The number of rotatable bonds is 5. The van der Waals surface area contributed by atoms with E-state index in [0.29, 0.717) is 17.5 Å². The van der Waals surface area contributed by atoms with Crippen LogP contribution in [0.25, 0.3) is 132 Å². The Morgan fingerprint density at radius 2 is 0.848 bits per heavy atom. The molecule has 5 nitrogen and oxygen atoms in total. The van der Waals surface area contributed by atoms with Crippen LogP contribution in [-0.4, -0.2) is 24.1 Å². The highest BCUT2D eigenvalue weighted by molar-refractivity contribution is 6.22. The highest BCUT2D eigenvalue weighted by Gasteiger charge is 2.20. The topological polar surface area (TPSA) is 48.5 Å². The van der Waals surface area contributed by atoms with Crippen LogP contribution < -0.4 is 0 Å². The van der Waals surface area contributed by atoms with Gasteiger partial charge >= 0.3 is 0 Å². The van der Waals surface area contributed by atoms with Gasteiger partial charge in [-0.25, -0.2) is 15.0 Å². The van der Waals surface area contributed by atoms with Gasteiger partial charge in [0.25, 0.3) is 0 Å². The van der Waals surface area contributed by atoms with Gasteiger partial charge in [-0.1, -0.05) is 170 Å². The van der Waals surface area contributed by atoms with E-state index in [0.717, 1.165) is 49.9 Å². The minimum absolute atomic E-state index is 0.613. The number of nitrogens with zero attached hydrogens (tertiary/aromatic N) is 5. The van der Waals surface area contributed by atoms with Gasteiger partial charge in [-0.15, -0.1) is 0 Å². The monoisotopic (exact) mass is 839 g/mol. The Balaban J connectivity index is 1.01. The highest BCUT2D eigenvalue weighted by atomic mass is 15.0. The van der Waals surface area contributed by atoms with Gasteiger partial charge in [0.1, 0.15) is 0 Å². The molecule has 0 radical (unpaired) electrons. The lowest BCUT2D eigenvalue weighted by Gasteiger charge is -2.14. The molecular weight excluding hydrogens is 803 g/mol. The molecule has 66 heavy (non-hydrogen) atoms. The predicted molar refractivity (Wildman–Crippen MR) is 275 cm³/mol. The third-order valence-corrected chi connectivity index (χ3v) is 13.5. The van der Waals surface area contributed by atoms with Gasteiger partial charge in [-0.05, 0) is 97.7 Å². The van der Waals surface area contributed by atoms with Crippen LogP contribution in [0.2, 0.25) is 0 Å². The summed E-state index contributed by atoms with van der Waals surface area (Å²) in [7, 11) is 0. The largest absolute Gasteiger partial charge is 0.309 e. The lowest BCUT2D eigenvalue weighted by molar-refractivity contribution is 1.07. The van der Waals surface area contributed by atoms with E-state index >= 15 is 0 Å². The zero-order valence-electron chi connectivity index (χ0n) is 35.6. The molecule has 0 saturated carbocycles. The molecule has 11 aromatic carbocycles. The van der Waals surface area contributed by atoms with E-state index in [1.807, 2.05) is 18.2 Å². The van der Waals surface area contributed by atoms with Crippen LogP contribution in [0.5, 0.6) is 0 Å².